The number of aryl methyl sites for hydroxylation is 1. The molecule has 0 heterocycles. The molecule has 9 heteroatoms. The smallest absolute Gasteiger partial charge is 0.310 e. The van der Waals surface area contributed by atoms with E-state index in [-0.39, 0.29) is 6.42 Å². The fourth-order valence-corrected chi connectivity index (χ4v) is 1.96. The van der Waals surface area contributed by atoms with Crippen molar-refractivity contribution in [1.29, 1.82) is 0 Å². The Bertz CT molecular complexity index is 823. The molecule has 0 fully saturated rings. The molecule has 0 saturated heterocycles. The quantitative estimate of drug-likeness (QED) is 0.378. The molecular formula is C17H12F5NO3. The lowest BCUT2D eigenvalue weighted by atomic mass is 10.1. The zero-order chi connectivity index (χ0) is 19.4. The van der Waals surface area contributed by atoms with Gasteiger partial charge in [0.2, 0.25) is 5.82 Å². The van der Waals surface area contributed by atoms with Crippen LogP contribution in [0.15, 0.2) is 24.3 Å². The van der Waals surface area contributed by atoms with Crippen LogP contribution in [0.25, 0.3) is 0 Å². The molecule has 138 valence electrons. The summed E-state index contributed by atoms with van der Waals surface area (Å²) in [6.07, 6.45) is -0.157. The minimum Gasteiger partial charge on any atom is -0.455 e. The molecule has 1 N–H and O–H groups in total. The number of ether oxygens (including phenoxy) is 1. The Morgan fingerprint density at radius 3 is 1.92 bits per heavy atom. The summed E-state index contributed by atoms with van der Waals surface area (Å²) < 4.78 is 70.5. The van der Waals surface area contributed by atoms with E-state index in [9.17, 15) is 31.5 Å². The Morgan fingerprint density at radius 1 is 0.885 bits per heavy atom. The zero-order valence-electron chi connectivity index (χ0n) is 13.3. The van der Waals surface area contributed by atoms with Gasteiger partial charge < -0.3 is 10.1 Å². The maximum Gasteiger partial charge on any atom is 0.310 e. The number of benzene rings is 2. The molecule has 0 aromatic heterocycles. The number of hydrogen-bond donors (Lipinski definition) is 1. The van der Waals surface area contributed by atoms with Crippen molar-refractivity contribution >= 4 is 17.6 Å². The van der Waals surface area contributed by atoms with Gasteiger partial charge in [0.1, 0.15) is 5.69 Å². The molecule has 1 amide bonds. The van der Waals surface area contributed by atoms with Crippen LogP contribution in [0.3, 0.4) is 0 Å². The number of hydrogen-bond acceptors (Lipinski definition) is 3. The highest BCUT2D eigenvalue weighted by Gasteiger charge is 2.27. The summed E-state index contributed by atoms with van der Waals surface area (Å²) in [4.78, 5) is 23.2. The summed E-state index contributed by atoms with van der Waals surface area (Å²) in [5, 5.41) is 1.50. The van der Waals surface area contributed by atoms with Crippen molar-refractivity contribution < 1.29 is 36.3 Å². The first-order valence-electron chi connectivity index (χ1n) is 7.23. The van der Waals surface area contributed by atoms with E-state index in [0.29, 0.717) is 5.56 Å². The number of amides is 1. The summed E-state index contributed by atoms with van der Waals surface area (Å²) in [6, 6.07) is 6.87. The van der Waals surface area contributed by atoms with E-state index in [1.54, 1.807) is 24.3 Å². The molecule has 2 aromatic carbocycles. The molecule has 26 heavy (non-hydrogen) atoms. The summed E-state index contributed by atoms with van der Waals surface area (Å²) >= 11 is 0. The van der Waals surface area contributed by atoms with Gasteiger partial charge in [-0.3, -0.25) is 9.59 Å². The van der Waals surface area contributed by atoms with Crippen LogP contribution in [-0.2, 0) is 20.7 Å². The minimum atomic E-state index is -2.34. The summed E-state index contributed by atoms with van der Waals surface area (Å²) in [6.45, 7) is 0.899. The Kier molecular flexibility index (Phi) is 5.91. The highest BCUT2D eigenvalue weighted by molar-refractivity contribution is 5.93. The first-order valence-corrected chi connectivity index (χ1v) is 7.23. The number of carbonyl (C=O) groups excluding carboxylic acids is 2. The maximum absolute atomic E-state index is 13.4. The fraction of sp³-hybridized carbons (Fsp3) is 0.176. The molecule has 0 aliphatic rings. The third-order valence-corrected chi connectivity index (χ3v) is 3.31. The largest absolute Gasteiger partial charge is 0.455 e. The van der Waals surface area contributed by atoms with Crippen molar-refractivity contribution in [2.45, 2.75) is 13.3 Å². The number of halogens is 5. The molecule has 0 unspecified atom stereocenters. The maximum atomic E-state index is 13.4. The van der Waals surface area contributed by atoms with E-state index in [1.165, 1.54) is 5.32 Å². The highest BCUT2D eigenvalue weighted by Crippen LogP contribution is 2.26. The normalized spacial score (nSPS) is 10.5. The standard InChI is InChI=1S/C17H12F5NO3/c1-8-2-4-9(5-3-8)6-11(25)26-7-10(24)23-17-15(21)13(19)12(18)14(20)16(17)22/h2-5H,6-7H2,1H3,(H,23,24). The molecule has 0 radical (unpaired) electrons. The monoisotopic (exact) mass is 373 g/mol. The SMILES string of the molecule is Cc1ccc(CC(=O)OCC(=O)Nc2c(F)c(F)c(F)c(F)c2F)cc1. The molecule has 2 rings (SSSR count). The number of rotatable bonds is 5. The van der Waals surface area contributed by atoms with Gasteiger partial charge in [0.25, 0.3) is 5.91 Å². The second-order valence-corrected chi connectivity index (χ2v) is 5.32. The van der Waals surface area contributed by atoms with Crippen LogP contribution in [0.4, 0.5) is 27.6 Å². The van der Waals surface area contributed by atoms with Crippen LogP contribution in [0.5, 0.6) is 0 Å². The van der Waals surface area contributed by atoms with Gasteiger partial charge in [-0.25, -0.2) is 22.0 Å². The predicted octanol–water partition coefficient (Wildman–Crippen LogP) is 3.41. The van der Waals surface area contributed by atoms with Crippen LogP contribution in [-0.4, -0.2) is 18.5 Å². The molecule has 0 aliphatic heterocycles. The summed E-state index contributed by atoms with van der Waals surface area (Å²) in [7, 11) is 0. The molecule has 4 nitrogen and oxygen atoms in total. The van der Waals surface area contributed by atoms with Crippen molar-refractivity contribution in [3.8, 4) is 0 Å². The van der Waals surface area contributed by atoms with Gasteiger partial charge in [-0.2, -0.15) is 0 Å². The van der Waals surface area contributed by atoms with Crippen LogP contribution < -0.4 is 5.32 Å². The Labute approximate surface area is 144 Å². The lowest BCUT2D eigenvalue weighted by Crippen LogP contribution is -2.23. The van der Waals surface area contributed by atoms with E-state index >= 15 is 0 Å². The van der Waals surface area contributed by atoms with E-state index in [2.05, 4.69) is 4.74 Å². The van der Waals surface area contributed by atoms with Gasteiger partial charge in [-0.1, -0.05) is 29.8 Å². The topological polar surface area (TPSA) is 55.4 Å². The third kappa shape index (κ3) is 4.35. The second kappa shape index (κ2) is 7.94. The number of esters is 1. The number of anilines is 1. The van der Waals surface area contributed by atoms with Gasteiger partial charge in [-0.15, -0.1) is 0 Å². The second-order valence-electron chi connectivity index (χ2n) is 5.32. The van der Waals surface area contributed by atoms with Crippen molar-refractivity contribution in [2.75, 3.05) is 11.9 Å². The third-order valence-electron chi connectivity index (χ3n) is 3.31. The van der Waals surface area contributed by atoms with Crippen molar-refractivity contribution in [3.05, 3.63) is 64.5 Å². The Morgan fingerprint density at radius 2 is 1.38 bits per heavy atom. The fourth-order valence-electron chi connectivity index (χ4n) is 1.96. The molecule has 0 spiro atoms. The molecule has 0 saturated carbocycles. The van der Waals surface area contributed by atoms with Gasteiger partial charge >= 0.3 is 5.97 Å². The molecular weight excluding hydrogens is 361 g/mol. The van der Waals surface area contributed by atoms with Gasteiger partial charge in [-0.05, 0) is 12.5 Å². The van der Waals surface area contributed by atoms with Crippen LogP contribution in [0, 0.1) is 36.0 Å². The molecule has 0 bridgehead atoms. The van der Waals surface area contributed by atoms with Crippen LogP contribution in [0.1, 0.15) is 11.1 Å². The van der Waals surface area contributed by atoms with Crippen molar-refractivity contribution in [1.82, 2.24) is 0 Å². The predicted molar refractivity (Wildman–Crippen MR) is 80.7 cm³/mol. The number of carbonyl (C=O) groups is 2. The lowest BCUT2D eigenvalue weighted by molar-refractivity contribution is -0.146. The van der Waals surface area contributed by atoms with E-state index < -0.39 is 53.3 Å². The molecule has 2 aromatic rings. The first kappa shape index (κ1) is 19.4. The van der Waals surface area contributed by atoms with Gasteiger partial charge in [0, 0.05) is 0 Å². The zero-order valence-corrected chi connectivity index (χ0v) is 13.3. The average molecular weight is 373 g/mol. The van der Waals surface area contributed by atoms with Gasteiger partial charge in [0.15, 0.2) is 29.9 Å². The lowest BCUT2D eigenvalue weighted by Gasteiger charge is -2.10. The van der Waals surface area contributed by atoms with E-state index in [4.69, 9.17) is 0 Å². The minimum absolute atomic E-state index is 0.157. The Hall–Kier alpha value is -2.97. The van der Waals surface area contributed by atoms with Crippen LogP contribution >= 0.6 is 0 Å². The van der Waals surface area contributed by atoms with Crippen LogP contribution in [0.2, 0.25) is 0 Å². The molecule has 0 aliphatic carbocycles. The van der Waals surface area contributed by atoms with Crippen molar-refractivity contribution in [2.24, 2.45) is 0 Å². The van der Waals surface area contributed by atoms with E-state index in [1.807, 2.05) is 6.92 Å². The molecule has 0 atom stereocenters. The summed E-state index contributed by atoms with van der Waals surface area (Å²) in [5.41, 5.74) is 0.0751. The summed E-state index contributed by atoms with van der Waals surface area (Å²) in [5.74, 6) is -13.2. The van der Waals surface area contributed by atoms with Gasteiger partial charge in [0.05, 0.1) is 6.42 Å². The Balaban J connectivity index is 1.97. The first-order chi connectivity index (χ1) is 12.2. The van der Waals surface area contributed by atoms with E-state index in [0.717, 1.165) is 5.56 Å². The highest BCUT2D eigenvalue weighted by atomic mass is 19.2. The average Bonchev–Trinajstić information content (AvgIpc) is 2.62. The van der Waals surface area contributed by atoms with Crippen molar-refractivity contribution in [3.63, 3.8) is 0 Å². The number of nitrogens with one attached hydrogen (secondary N) is 1.